The molecule has 0 radical (unpaired) electrons. The predicted molar refractivity (Wildman–Crippen MR) is 59.6 cm³/mol. The van der Waals surface area contributed by atoms with Crippen LogP contribution in [-0.2, 0) is 14.3 Å². The van der Waals surface area contributed by atoms with Crippen LogP contribution in [0.4, 0.5) is 0 Å². The van der Waals surface area contributed by atoms with Gasteiger partial charge >= 0.3 is 5.97 Å². The summed E-state index contributed by atoms with van der Waals surface area (Å²) >= 11 is 0. The van der Waals surface area contributed by atoms with Crippen molar-refractivity contribution >= 4 is 18.0 Å². The number of hydrogen-bond donors (Lipinski definition) is 2. The van der Waals surface area contributed by atoms with Crippen LogP contribution < -0.4 is 5.32 Å². The Balaban J connectivity index is 2.26. The zero-order valence-corrected chi connectivity index (χ0v) is 9.21. The molecule has 0 saturated heterocycles. The van der Waals surface area contributed by atoms with Gasteiger partial charge in [0.05, 0.1) is 7.11 Å². The number of aromatic nitrogens is 3. The summed E-state index contributed by atoms with van der Waals surface area (Å²) in [4.78, 5) is 25.7. The molecular weight excluding hydrogens is 224 g/mol. The van der Waals surface area contributed by atoms with Crippen molar-refractivity contribution in [1.82, 2.24) is 20.5 Å². The van der Waals surface area contributed by atoms with Crippen LogP contribution in [0.2, 0.25) is 0 Å². The molecule has 17 heavy (non-hydrogen) atoms. The highest BCUT2D eigenvalue weighted by atomic mass is 16.5. The third-order valence-electron chi connectivity index (χ3n) is 1.68. The molecule has 7 nitrogen and oxygen atoms in total. The quantitative estimate of drug-likeness (QED) is 0.538. The summed E-state index contributed by atoms with van der Waals surface area (Å²) in [5.74, 6) is -0.266. The standard InChI is InChI=1S/C10H12N4O3/c1-17-10(16)3-2-6-11-9(15)5-4-8-12-7-13-14-8/h2-5,7H,6H2,1H3,(H,11,15)(H,12,13,14)/b3-2+,5-4+. The fourth-order valence-corrected chi connectivity index (χ4v) is 0.891. The van der Waals surface area contributed by atoms with Gasteiger partial charge in [0, 0.05) is 18.7 Å². The van der Waals surface area contributed by atoms with Crippen LogP contribution >= 0.6 is 0 Å². The molecule has 0 saturated carbocycles. The molecule has 90 valence electrons. The lowest BCUT2D eigenvalue weighted by atomic mass is 10.4. The molecule has 0 atom stereocenters. The Hall–Kier alpha value is -2.44. The van der Waals surface area contributed by atoms with E-state index < -0.39 is 5.97 Å². The lowest BCUT2D eigenvalue weighted by Crippen LogP contribution is -2.20. The van der Waals surface area contributed by atoms with Crippen molar-refractivity contribution in [2.45, 2.75) is 0 Å². The average molecular weight is 236 g/mol. The zero-order chi connectivity index (χ0) is 12.5. The third-order valence-corrected chi connectivity index (χ3v) is 1.68. The van der Waals surface area contributed by atoms with Crippen molar-refractivity contribution in [1.29, 1.82) is 0 Å². The summed E-state index contributed by atoms with van der Waals surface area (Å²) in [5.41, 5.74) is 0. The maximum atomic E-state index is 11.2. The maximum absolute atomic E-state index is 11.2. The minimum atomic E-state index is -0.462. The minimum Gasteiger partial charge on any atom is -0.466 e. The Morgan fingerprint density at radius 1 is 1.53 bits per heavy atom. The highest BCUT2D eigenvalue weighted by molar-refractivity contribution is 5.91. The number of esters is 1. The summed E-state index contributed by atoms with van der Waals surface area (Å²) in [7, 11) is 1.28. The number of aromatic amines is 1. The van der Waals surface area contributed by atoms with Crippen LogP contribution in [0.15, 0.2) is 24.6 Å². The number of ether oxygens (including phenoxy) is 1. The first-order chi connectivity index (χ1) is 8.22. The van der Waals surface area contributed by atoms with E-state index in [0.717, 1.165) is 0 Å². The summed E-state index contributed by atoms with van der Waals surface area (Å²) in [6, 6.07) is 0. The molecule has 1 aromatic heterocycles. The van der Waals surface area contributed by atoms with E-state index in [2.05, 4.69) is 25.2 Å². The predicted octanol–water partition coefficient (Wildman–Crippen LogP) is -0.337. The number of H-pyrrole nitrogens is 1. The Morgan fingerprint density at radius 3 is 3.00 bits per heavy atom. The molecule has 0 aromatic carbocycles. The number of nitrogens with one attached hydrogen (secondary N) is 2. The molecule has 7 heteroatoms. The molecule has 1 heterocycles. The number of amides is 1. The average Bonchev–Trinajstić information content (AvgIpc) is 2.84. The van der Waals surface area contributed by atoms with Gasteiger partial charge in [-0.25, -0.2) is 9.78 Å². The lowest BCUT2D eigenvalue weighted by molar-refractivity contribution is -0.134. The van der Waals surface area contributed by atoms with Gasteiger partial charge in [0.25, 0.3) is 0 Å². The van der Waals surface area contributed by atoms with Gasteiger partial charge < -0.3 is 10.1 Å². The van der Waals surface area contributed by atoms with Gasteiger partial charge in [-0.05, 0) is 6.08 Å². The van der Waals surface area contributed by atoms with E-state index in [1.165, 1.54) is 37.7 Å². The van der Waals surface area contributed by atoms with Gasteiger partial charge in [-0.2, -0.15) is 5.10 Å². The normalized spacial score (nSPS) is 10.9. The second kappa shape index (κ2) is 6.94. The first-order valence-electron chi connectivity index (χ1n) is 4.78. The lowest BCUT2D eigenvalue weighted by Gasteiger charge is -1.95. The molecule has 2 N–H and O–H groups in total. The summed E-state index contributed by atoms with van der Waals surface area (Å²) in [6.07, 6.45) is 6.88. The third kappa shape index (κ3) is 5.26. The molecule has 0 unspecified atom stereocenters. The molecule has 1 aromatic rings. The summed E-state index contributed by atoms with van der Waals surface area (Å²) in [6.45, 7) is 0.245. The molecule has 1 amide bonds. The van der Waals surface area contributed by atoms with E-state index in [1.807, 2.05) is 0 Å². The Morgan fingerprint density at radius 2 is 2.35 bits per heavy atom. The number of hydrogen-bond acceptors (Lipinski definition) is 5. The SMILES string of the molecule is COC(=O)/C=C/CNC(=O)/C=C/c1ncn[nH]1. The zero-order valence-electron chi connectivity index (χ0n) is 9.21. The number of nitrogens with zero attached hydrogens (tertiary/aromatic N) is 2. The van der Waals surface area contributed by atoms with Crippen LogP contribution in [0.3, 0.4) is 0 Å². The molecule has 0 spiro atoms. The molecule has 0 aliphatic rings. The Kier molecular flexibility index (Phi) is 5.15. The minimum absolute atomic E-state index is 0.245. The molecule has 0 aliphatic heterocycles. The van der Waals surface area contributed by atoms with Gasteiger partial charge in [0.15, 0.2) is 0 Å². The molecule has 1 rings (SSSR count). The van der Waals surface area contributed by atoms with Crippen molar-refractivity contribution in [3.63, 3.8) is 0 Å². The second-order valence-electron chi connectivity index (χ2n) is 2.87. The summed E-state index contributed by atoms with van der Waals surface area (Å²) in [5, 5.41) is 8.74. The first-order valence-corrected chi connectivity index (χ1v) is 4.78. The Bertz CT molecular complexity index is 423. The van der Waals surface area contributed by atoms with Crippen molar-refractivity contribution in [2.24, 2.45) is 0 Å². The van der Waals surface area contributed by atoms with Crippen LogP contribution in [0.1, 0.15) is 5.82 Å². The van der Waals surface area contributed by atoms with Crippen LogP contribution in [0.5, 0.6) is 0 Å². The molecule has 0 fully saturated rings. The van der Waals surface area contributed by atoms with Gasteiger partial charge in [-0.15, -0.1) is 0 Å². The van der Waals surface area contributed by atoms with Gasteiger partial charge in [0.2, 0.25) is 5.91 Å². The van der Waals surface area contributed by atoms with E-state index in [0.29, 0.717) is 5.82 Å². The smallest absolute Gasteiger partial charge is 0.330 e. The van der Waals surface area contributed by atoms with Crippen LogP contribution in [0.25, 0.3) is 6.08 Å². The topological polar surface area (TPSA) is 97.0 Å². The fraction of sp³-hybridized carbons (Fsp3) is 0.200. The Labute approximate surface area is 97.6 Å². The van der Waals surface area contributed by atoms with Crippen molar-refractivity contribution in [2.75, 3.05) is 13.7 Å². The van der Waals surface area contributed by atoms with Crippen LogP contribution in [-0.4, -0.2) is 40.7 Å². The highest BCUT2D eigenvalue weighted by Crippen LogP contribution is 1.88. The van der Waals surface area contributed by atoms with Crippen molar-refractivity contribution in [3.8, 4) is 0 Å². The molecular formula is C10H12N4O3. The number of carbonyl (C=O) groups is 2. The van der Waals surface area contributed by atoms with Crippen molar-refractivity contribution in [3.05, 3.63) is 30.4 Å². The van der Waals surface area contributed by atoms with Crippen molar-refractivity contribution < 1.29 is 14.3 Å². The van der Waals surface area contributed by atoms with E-state index in [1.54, 1.807) is 0 Å². The van der Waals surface area contributed by atoms with E-state index in [4.69, 9.17) is 0 Å². The number of carbonyl (C=O) groups excluding carboxylic acids is 2. The number of methoxy groups -OCH3 is 1. The molecule has 0 bridgehead atoms. The van der Waals surface area contributed by atoms with Crippen LogP contribution in [0, 0.1) is 0 Å². The van der Waals surface area contributed by atoms with Gasteiger partial charge in [-0.1, -0.05) is 6.08 Å². The highest BCUT2D eigenvalue weighted by Gasteiger charge is 1.94. The van der Waals surface area contributed by atoms with E-state index in [9.17, 15) is 9.59 Å². The molecule has 0 aliphatic carbocycles. The monoisotopic (exact) mass is 236 g/mol. The maximum Gasteiger partial charge on any atom is 0.330 e. The first kappa shape index (κ1) is 12.6. The van der Waals surface area contributed by atoms with E-state index in [-0.39, 0.29) is 12.5 Å². The van der Waals surface area contributed by atoms with Gasteiger partial charge in [-0.3, -0.25) is 9.89 Å². The second-order valence-corrected chi connectivity index (χ2v) is 2.87. The summed E-state index contributed by atoms with van der Waals surface area (Å²) < 4.78 is 4.38. The van der Waals surface area contributed by atoms with E-state index >= 15 is 0 Å². The largest absolute Gasteiger partial charge is 0.466 e. The van der Waals surface area contributed by atoms with Gasteiger partial charge in [0.1, 0.15) is 12.2 Å². The number of rotatable bonds is 5. The fourth-order valence-electron chi connectivity index (χ4n) is 0.891.